The molecule has 3 amide bonds. The third kappa shape index (κ3) is 10.5. The lowest BCUT2D eigenvalue weighted by Gasteiger charge is -2.29. The zero-order valence-electron chi connectivity index (χ0n) is 46.7. The number of nitrogens with one attached hydrogen (secondary N) is 4. The van der Waals surface area contributed by atoms with Gasteiger partial charge in [0.1, 0.15) is 35.7 Å². The molecular formula is C48H62F2N6O8. The molecule has 0 aliphatic carbocycles. The molecule has 0 unspecified atom stereocenters. The first-order valence-corrected chi connectivity index (χ1v) is 21.5. The molecule has 2 aromatic carbocycles. The van der Waals surface area contributed by atoms with E-state index in [1.165, 1.54) is 26.0 Å². The van der Waals surface area contributed by atoms with Crippen LogP contribution in [0.25, 0.3) is 33.2 Å². The van der Waals surface area contributed by atoms with Gasteiger partial charge in [-0.1, -0.05) is 27.6 Å². The number of benzene rings is 2. The van der Waals surface area contributed by atoms with E-state index in [0.717, 1.165) is 47.9 Å². The molecule has 2 aliphatic rings. The second-order valence-corrected chi connectivity index (χ2v) is 16.6. The van der Waals surface area contributed by atoms with Crippen LogP contribution < -0.4 is 10.6 Å². The van der Waals surface area contributed by atoms with Crippen molar-refractivity contribution in [3.05, 3.63) is 59.2 Å². The number of esters is 2. The fourth-order valence-electron chi connectivity index (χ4n) is 8.43. The number of amides is 3. The van der Waals surface area contributed by atoms with Gasteiger partial charge in [0.2, 0.25) is 17.7 Å². The van der Waals surface area contributed by atoms with Gasteiger partial charge < -0.3 is 39.9 Å². The summed E-state index contributed by atoms with van der Waals surface area (Å²) < 4.78 is 127. The molecule has 16 heteroatoms. The minimum Gasteiger partial charge on any atom is -0.461 e. The van der Waals surface area contributed by atoms with E-state index in [9.17, 15) is 34.3 Å². The Kier molecular flexibility index (Phi) is 11.4. The number of H-pyrrole nitrogens is 2. The molecule has 2 fully saturated rings. The number of ether oxygens (including phenoxy) is 2. The summed E-state index contributed by atoms with van der Waals surface area (Å²) in [5.41, 5.74) is -0.830. The Morgan fingerprint density at radius 1 is 0.797 bits per heavy atom. The average Bonchev–Trinajstić information content (AvgIpc) is 4.08. The summed E-state index contributed by atoms with van der Waals surface area (Å²) >= 11 is 0. The van der Waals surface area contributed by atoms with Crippen LogP contribution in [0.5, 0.6) is 0 Å². The molecule has 0 spiro atoms. The summed E-state index contributed by atoms with van der Waals surface area (Å²) in [6.07, 6.45) is -9.11. The van der Waals surface area contributed by atoms with Crippen molar-refractivity contribution < 1.29 is 60.7 Å². The number of aromatic amines is 2. The highest BCUT2D eigenvalue weighted by Gasteiger charge is 2.43. The van der Waals surface area contributed by atoms with E-state index in [1.807, 2.05) is 0 Å². The highest BCUT2D eigenvalue weighted by atomic mass is 19.1. The average molecular weight is 899 g/mol. The lowest BCUT2D eigenvalue weighted by molar-refractivity contribution is -0.147. The van der Waals surface area contributed by atoms with Gasteiger partial charge in [-0.3, -0.25) is 28.8 Å². The molecule has 0 bridgehead atoms. The van der Waals surface area contributed by atoms with Crippen molar-refractivity contribution in [1.82, 2.24) is 30.4 Å². The molecule has 6 rings (SSSR count). The lowest BCUT2D eigenvalue weighted by atomic mass is 9.93. The van der Waals surface area contributed by atoms with Crippen molar-refractivity contribution >= 4 is 57.2 Å². The Hall–Kier alpha value is -5.64. The van der Waals surface area contributed by atoms with Gasteiger partial charge in [0, 0.05) is 92.5 Å². The number of halogens is 2. The summed E-state index contributed by atoms with van der Waals surface area (Å²) in [6, 6.07) is 1.32. The van der Waals surface area contributed by atoms with E-state index in [2.05, 4.69) is 20.6 Å². The van der Waals surface area contributed by atoms with Crippen LogP contribution in [-0.4, -0.2) is 112 Å². The number of carbonyl (C=O) groups excluding carboxylic acids is 6. The molecular weight excluding hydrogens is 827 g/mol. The van der Waals surface area contributed by atoms with E-state index < -0.39 is 135 Å². The Labute approximate surface area is 386 Å². The highest BCUT2D eigenvalue weighted by molar-refractivity contribution is 5.97. The van der Waals surface area contributed by atoms with Gasteiger partial charge in [-0.05, 0) is 93.4 Å². The van der Waals surface area contributed by atoms with Crippen molar-refractivity contribution in [1.29, 1.82) is 0 Å². The van der Waals surface area contributed by atoms with Crippen LogP contribution in [0.1, 0.15) is 112 Å². The molecule has 2 aromatic heterocycles. The SMILES string of the molecule is [2H]C([2H])([2H])C[C@@H](C)C(=O)N[C@@H](CC)C(=O)N1C[C@@H](OC(C)=O)C[C@H]1C([2H])([2H])c1c(-c2[nH]c3cc(F)ccc3c2C([2H])([2H])[C@@H]2C[C@H](OC(C)=O)CN2C(=O)[C@H](CC)CC(=O)[C@H](C)NC([2H])([2H])[2H])[nH]c2cc(F)ccc12. The van der Waals surface area contributed by atoms with Gasteiger partial charge in [-0.15, -0.1) is 0 Å². The number of fused-ring (bicyclic) bond motifs is 2. The van der Waals surface area contributed by atoms with Gasteiger partial charge in [0.25, 0.3) is 0 Å². The second-order valence-electron chi connectivity index (χ2n) is 16.6. The van der Waals surface area contributed by atoms with Crippen molar-refractivity contribution in [2.24, 2.45) is 11.8 Å². The summed E-state index contributed by atoms with van der Waals surface area (Å²) in [5.74, 6) is -7.97. The van der Waals surface area contributed by atoms with Crippen LogP contribution in [0.2, 0.25) is 0 Å². The van der Waals surface area contributed by atoms with Crippen molar-refractivity contribution in [3.8, 4) is 11.4 Å². The van der Waals surface area contributed by atoms with E-state index >= 15 is 8.78 Å². The topological polar surface area (TPSA) is 183 Å². The number of nitrogens with zero attached hydrogens (tertiary/aromatic N) is 2. The standard InChI is InChI=1S/C48H62F2N6O8/c1-9-25(4)46(60)54-40(11-3)48(62)56-24-35(64-28(7)58)20-33(56)22-39-37-15-13-31(50)18-42(37)53-45(39)44-38(36-14-12-30(49)17-41(36)52-44)21-32-19-34(63-27(6)57)23-55(32)47(61)29(10-2)16-43(59)26(5)51-8/h12-15,17-18,25-26,29,32-35,40,51-53H,9-11,16,19-24H2,1-8H3,(H,54,60)/t25-,26+,29-,32+,33+,34+,35+,40+/m1/s1/i1D3,8D3,21D2,22D2. The maximum Gasteiger partial charge on any atom is 0.302 e. The Balaban J connectivity index is 1.52. The number of Topliss-reactive ketones (excluding diaryl/α,β-unsaturated/α-hetero) is 1. The number of likely N-dealkylation sites (tertiary alicyclic amines) is 2. The number of likely N-dealkylation sites (N-methyl/N-ethyl adjacent to an activating group) is 1. The number of aromatic nitrogens is 2. The van der Waals surface area contributed by atoms with Gasteiger partial charge in [-0.2, -0.15) is 0 Å². The fourth-order valence-corrected chi connectivity index (χ4v) is 8.43. The minimum atomic E-state index is -2.75. The summed E-state index contributed by atoms with van der Waals surface area (Å²) in [7, 11) is 0. The summed E-state index contributed by atoms with van der Waals surface area (Å²) in [4.78, 5) is 89.2. The molecule has 4 heterocycles. The third-order valence-corrected chi connectivity index (χ3v) is 11.9. The van der Waals surface area contributed by atoms with Crippen molar-refractivity contribution in [2.75, 3.05) is 20.1 Å². The molecule has 8 atom stereocenters. The highest BCUT2D eigenvalue weighted by Crippen LogP contribution is 2.40. The molecule has 0 saturated carbocycles. The molecule has 2 saturated heterocycles. The Morgan fingerprint density at radius 3 is 1.77 bits per heavy atom. The van der Waals surface area contributed by atoms with Gasteiger partial charge in [0.05, 0.1) is 30.5 Å². The van der Waals surface area contributed by atoms with E-state index in [1.54, 1.807) is 13.8 Å². The van der Waals surface area contributed by atoms with Crippen LogP contribution in [0, 0.1) is 23.5 Å². The van der Waals surface area contributed by atoms with Crippen LogP contribution in [0.15, 0.2) is 36.4 Å². The van der Waals surface area contributed by atoms with Crippen LogP contribution in [0.3, 0.4) is 0 Å². The normalized spacial score (nSPS) is 23.8. The van der Waals surface area contributed by atoms with Crippen LogP contribution in [-0.2, 0) is 51.0 Å². The Bertz CT molecular complexity index is 2620. The van der Waals surface area contributed by atoms with Crippen molar-refractivity contribution in [3.63, 3.8) is 0 Å². The third-order valence-electron chi connectivity index (χ3n) is 11.9. The predicted molar refractivity (Wildman–Crippen MR) is 238 cm³/mol. The zero-order valence-corrected chi connectivity index (χ0v) is 36.7. The quantitative estimate of drug-likeness (QED) is 0.0836. The minimum absolute atomic E-state index is 0.00910. The summed E-state index contributed by atoms with van der Waals surface area (Å²) in [5, 5.41) is 4.96. The second kappa shape index (κ2) is 20.5. The number of hydrogen-bond acceptors (Lipinski definition) is 9. The first-order chi connectivity index (χ1) is 34.3. The molecule has 14 nitrogen and oxygen atoms in total. The van der Waals surface area contributed by atoms with E-state index in [4.69, 9.17) is 17.7 Å². The van der Waals surface area contributed by atoms with Crippen LogP contribution in [0.4, 0.5) is 8.78 Å². The maximum absolute atomic E-state index is 15.2. The summed E-state index contributed by atoms with van der Waals surface area (Å²) in [6.45, 7) is 2.39. The first kappa shape index (κ1) is 35.7. The van der Waals surface area contributed by atoms with Crippen molar-refractivity contribution in [2.45, 2.75) is 136 Å². The monoisotopic (exact) mass is 899 g/mol. The zero-order chi connectivity index (χ0) is 55.2. The largest absolute Gasteiger partial charge is 0.461 e. The molecule has 4 aromatic rings. The van der Waals surface area contributed by atoms with Gasteiger partial charge >= 0.3 is 11.9 Å². The van der Waals surface area contributed by atoms with E-state index in [0.29, 0.717) is 0 Å². The Morgan fingerprint density at radius 2 is 1.31 bits per heavy atom. The lowest BCUT2D eigenvalue weighted by Crippen LogP contribution is -2.51. The molecule has 346 valence electrons. The number of rotatable bonds is 18. The first-order valence-electron chi connectivity index (χ1n) is 26.5. The molecule has 2 aliphatic heterocycles. The number of hydrogen-bond donors (Lipinski definition) is 4. The van der Waals surface area contributed by atoms with E-state index in [-0.39, 0.29) is 83.1 Å². The predicted octanol–water partition coefficient (Wildman–Crippen LogP) is 6.28. The smallest absolute Gasteiger partial charge is 0.302 e. The van der Waals surface area contributed by atoms with Gasteiger partial charge in [-0.25, -0.2) is 8.78 Å². The molecule has 64 heavy (non-hydrogen) atoms. The van der Waals surface area contributed by atoms with Crippen LogP contribution >= 0.6 is 0 Å². The van der Waals surface area contributed by atoms with Gasteiger partial charge in [0.15, 0.2) is 0 Å². The number of ketones is 1. The molecule has 4 N–H and O–H groups in total. The number of carbonyl (C=O) groups is 6. The maximum atomic E-state index is 15.2. The fraction of sp³-hybridized carbons (Fsp3) is 0.542. The molecule has 0 radical (unpaired) electrons.